The highest BCUT2D eigenvalue weighted by Gasteiger charge is 2.78. The lowest BCUT2D eigenvalue weighted by molar-refractivity contribution is 0.596. The average molecular weight is 614 g/mol. The average Bonchev–Trinajstić information content (AvgIpc) is 2.60. The maximum Gasteiger partial charge on any atom is 0.166 e. The van der Waals surface area contributed by atoms with Gasteiger partial charge < -0.3 is 0 Å². The maximum absolute atomic E-state index is 6.83. The van der Waals surface area contributed by atoms with Crippen molar-refractivity contribution in [2.75, 3.05) is 0 Å². The van der Waals surface area contributed by atoms with Crippen LogP contribution in [0.1, 0.15) is 17.9 Å². The Hall–Kier alpha value is 2.14. The van der Waals surface area contributed by atoms with Gasteiger partial charge in [0.05, 0.1) is 10.1 Å². The summed E-state index contributed by atoms with van der Waals surface area (Å²) in [6.45, 7) is 0. The van der Waals surface area contributed by atoms with Gasteiger partial charge in [-0.25, -0.2) is 0 Å². The summed E-state index contributed by atoms with van der Waals surface area (Å²) in [7, 11) is 0. The zero-order valence-corrected chi connectivity index (χ0v) is 19.6. The predicted molar refractivity (Wildman–Crippen MR) is 107 cm³/mol. The van der Waals surface area contributed by atoms with Gasteiger partial charge in [-0.15, -0.1) is 23.2 Å². The first-order valence-corrected chi connectivity index (χ1v) is 10.6. The highest BCUT2D eigenvalue weighted by molar-refractivity contribution is 9.11. The number of hydrogen-bond acceptors (Lipinski definition) is 0. The zero-order chi connectivity index (χ0) is 16.7. The van der Waals surface area contributed by atoms with Gasteiger partial charge in [-0.3, -0.25) is 0 Å². The lowest BCUT2D eigenvalue weighted by Crippen LogP contribution is -2.43. The molecule has 0 N–H and O–H groups in total. The molecule has 22 heavy (non-hydrogen) atoms. The summed E-state index contributed by atoms with van der Waals surface area (Å²) in [6, 6.07) is 3.83. The summed E-state index contributed by atoms with van der Waals surface area (Å²) in [5.74, 6) is -0.312. The minimum absolute atomic E-state index is 0.203. The molecule has 2 bridgehead atoms. The minimum atomic E-state index is -1.52. The van der Waals surface area contributed by atoms with Gasteiger partial charge in [-0.2, -0.15) is 0 Å². The van der Waals surface area contributed by atoms with Gasteiger partial charge in [0, 0.05) is 19.3 Å². The van der Waals surface area contributed by atoms with Crippen LogP contribution in [-0.2, 0) is 0 Å². The van der Waals surface area contributed by atoms with E-state index in [1.54, 1.807) is 0 Å². The van der Waals surface area contributed by atoms with E-state index < -0.39 is 14.1 Å². The third kappa shape index (κ3) is 2.19. The lowest BCUT2D eigenvalue weighted by atomic mass is 9.85. The number of rotatable bonds is 1. The largest absolute Gasteiger partial charge is 0.166 e. The fourth-order valence-electron chi connectivity index (χ4n) is 3.10. The lowest BCUT2D eigenvalue weighted by Gasteiger charge is -2.34. The fourth-order valence-corrected chi connectivity index (χ4v) is 8.68. The molecular weight excluding hydrogens is 609 g/mol. The van der Waals surface area contributed by atoms with Crippen molar-refractivity contribution in [2.24, 2.45) is 0 Å². The minimum Gasteiger partial charge on any atom is -0.110 e. The molecule has 0 spiro atoms. The van der Waals surface area contributed by atoms with Crippen LogP contribution in [0.2, 0.25) is 0 Å². The molecule has 3 atom stereocenters. The summed E-state index contributed by atoms with van der Waals surface area (Å²) < 4.78 is 1.08. The third-order valence-corrected chi connectivity index (χ3v) is 10.2. The molecule has 0 amide bonds. The van der Waals surface area contributed by atoms with Crippen LogP contribution in [0.15, 0.2) is 35.6 Å². The molecule has 1 aromatic rings. The van der Waals surface area contributed by atoms with E-state index in [2.05, 4.69) is 47.8 Å². The molecular formula is C13H5Br3Cl6. The van der Waals surface area contributed by atoms with E-state index in [1.165, 1.54) is 0 Å². The van der Waals surface area contributed by atoms with E-state index in [0.29, 0.717) is 6.42 Å². The molecule has 0 heterocycles. The summed E-state index contributed by atoms with van der Waals surface area (Å²) in [6.07, 6.45) is 0.374. The van der Waals surface area contributed by atoms with Crippen molar-refractivity contribution in [1.29, 1.82) is 0 Å². The first kappa shape index (κ1) is 18.9. The summed E-state index contributed by atoms with van der Waals surface area (Å²) in [5.41, 5.74) is 0.897. The number of alkyl halides is 4. The molecule has 0 saturated heterocycles. The molecule has 0 nitrogen and oxygen atoms in total. The quantitative estimate of drug-likeness (QED) is 0.280. The number of fused-ring (bicyclic) bond motifs is 2. The molecule has 120 valence electrons. The first-order valence-electron chi connectivity index (χ1n) is 5.94. The van der Waals surface area contributed by atoms with E-state index >= 15 is 0 Å². The number of hydrogen-bond donors (Lipinski definition) is 0. The molecule has 9 heteroatoms. The van der Waals surface area contributed by atoms with Crippen molar-refractivity contribution in [3.63, 3.8) is 0 Å². The van der Waals surface area contributed by atoms with Crippen LogP contribution < -0.4 is 0 Å². The van der Waals surface area contributed by atoms with E-state index in [0.717, 1.165) is 19.0 Å². The Morgan fingerprint density at radius 2 is 1.41 bits per heavy atom. The van der Waals surface area contributed by atoms with Crippen molar-refractivity contribution in [3.05, 3.63) is 41.2 Å². The SMILES string of the molecule is ClC1=C(Cl)C2(Cl)C(c3c(Br)cc(Br)cc3Br)CC1(Cl)C2(Cl)Cl. The zero-order valence-electron chi connectivity index (χ0n) is 10.3. The molecule has 0 aromatic heterocycles. The Kier molecular flexibility index (Phi) is 5.01. The van der Waals surface area contributed by atoms with E-state index in [1.807, 2.05) is 12.1 Å². The smallest absolute Gasteiger partial charge is 0.110 e. The second-order valence-electron chi connectivity index (χ2n) is 5.26. The maximum atomic E-state index is 6.83. The molecule has 1 saturated carbocycles. The summed E-state index contributed by atoms with van der Waals surface area (Å²) in [4.78, 5) is -2.51. The van der Waals surface area contributed by atoms with Crippen LogP contribution in [0.25, 0.3) is 0 Å². The van der Waals surface area contributed by atoms with Gasteiger partial charge in [0.1, 0.15) is 9.75 Å². The summed E-state index contributed by atoms with van der Waals surface area (Å²) in [5, 5.41) is 0.422. The molecule has 0 aliphatic heterocycles. The standard InChI is InChI=1S/C13H5Br3Cl6/c14-4-1-6(15)8(7(16)2-4)5-3-11(19)9(17)10(18)12(5,20)13(11,21)22/h1-2,5H,3H2. The van der Waals surface area contributed by atoms with Gasteiger partial charge in [-0.1, -0.05) is 94.2 Å². The molecule has 1 aromatic carbocycles. The molecule has 3 rings (SSSR count). The number of halogens is 9. The van der Waals surface area contributed by atoms with Gasteiger partial charge in [-0.05, 0) is 24.1 Å². The molecule has 3 unspecified atom stereocenters. The van der Waals surface area contributed by atoms with Crippen LogP contribution in [0.3, 0.4) is 0 Å². The van der Waals surface area contributed by atoms with Crippen molar-refractivity contribution in [3.8, 4) is 0 Å². The third-order valence-electron chi connectivity index (χ3n) is 4.17. The van der Waals surface area contributed by atoms with E-state index in [9.17, 15) is 0 Å². The van der Waals surface area contributed by atoms with Gasteiger partial charge in [0.15, 0.2) is 4.33 Å². The first-order chi connectivity index (χ1) is 9.98. The molecule has 2 aliphatic rings. The number of benzene rings is 1. The van der Waals surface area contributed by atoms with Crippen molar-refractivity contribution in [2.45, 2.75) is 26.4 Å². The normalized spacial score (nSPS) is 36.3. The van der Waals surface area contributed by atoms with Gasteiger partial charge >= 0.3 is 0 Å². The Bertz CT molecular complexity index is 695. The Morgan fingerprint density at radius 1 is 0.909 bits per heavy atom. The van der Waals surface area contributed by atoms with Crippen molar-refractivity contribution in [1.82, 2.24) is 0 Å². The molecule has 0 radical (unpaired) electrons. The van der Waals surface area contributed by atoms with Crippen LogP contribution in [-0.4, -0.2) is 14.1 Å². The molecule has 1 fully saturated rings. The topological polar surface area (TPSA) is 0 Å². The van der Waals surface area contributed by atoms with Gasteiger partial charge in [0.25, 0.3) is 0 Å². The van der Waals surface area contributed by atoms with Crippen LogP contribution in [0.5, 0.6) is 0 Å². The van der Waals surface area contributed by atoms with Crippen molar-refractivity contribution < 1.29 is 0 Å². The highest BCUT2D eigenvalue weighted by Crippen LogP contribution is 2.76. The van der Waals surface area contributed by atoms with Crippen LogP contribution in [0.4, 0.5) is 0 Å². The van der Waals surface area contributed by atoms with E-state index in [4.69, 9.17) is 69.6 Å². The van der Waals surface area contributed by atoms with E-state index in [-0.39, 0.29) is 16.0 Å². The van der Waals surface area contributed by atoms with Gasteiger partial charge in [0.2, 0.25) is 0 Å². The molecule has 2 aliphatic carbocycles. The second-order valence-corrected chi connectivity index (χ2v) is 11.2. The van der Waals surface area contributed by atoms with Crippen LogP contribution >= 0.6 is 117 Å². The fraction of sp³-hybridized carbons (Fsp3) is 0.385. The van der Waals surface area contributed by atoms with Crippen LogP contribution in [0, 0.1) is 0 Å². The van der Waals surface area contributed by atoms with Crippen molar-refractivity contribution >= 4 is 117 Å². The second kappa shape index (κ2) is 5.82. The predicted octanol–water partition coefficient (Wildman–Crippen LogP) is 8.29. The monoisotopic (exact) mass is 608 g/mol. The Labute approximate surface area is 183 Å². The number of allylic oxidation sites excluding steroid dienone is 2. The summed E-state index contributed by atoms with van der Waals surface area (Å²) >= 11 is 49.7. The Morgan fingerprint density at radius 3 is 1.82 bits per heavy atom. The highest BCUT2D eigenvalue weighted by atomic mass is 79.9. The Balaban J connectivity index is 2.26.